The lowest BCUT2D eigenvalue weighted by molar-refractivity contribution is -0.122. The first-order valence-corrected chi connectivity index (χ1v) is 7.00. The summed E-state index contributed by atoms with van der Waals surface area (Å²) in [5.74, 6) is 2.63. The van der Waals surface area contributed by atoms with Gasteiger partial charge in [0.2, 0.25) is 5.91 Å². The molecule has 0 aliphatic carbocycles. The number of carbonyl (C=O) groups excluding carboxylic acids is 1. The zero-order valence-corrected chi connectivity index (χ0v) is 12.1. The summed E-state index contributed by atoms with van der Waals surface area (Å²) in [5, 5.41) is 10.7. The molecule has 1 amide bonds. The molecule has 8 nitrogen and oxygen atoms in total. The molecular weight excluding hydrogens is 284 g/mol. The quantitative estimate of drug-likeness (QED) is 0.571. The Kier molecular flexibility index (Phi) is 5.01. The smallest absolute Gasteiger partial charge is 0.250 e. The van der Waals surface area contributed by atoms with Crippen molar-refractivity contribution in [2.24, 2.45) is 16.0 Å². The summed E-state index contributed by atoms with van der Waals surface area (Å²) in [6, 6.07) is 0.521. The van der Waals surface area contributed by atoms with Gasteiger partial charge in [-0.05, 0) is 0 Å². The summed E-state index contributed by atoms with van der Waals surface area (Å²) < 4.78 is 0. The number of nitrogens with zero attached hydrogens (tertiary/aromatic N) is 3. The zero-order chi connectivity index (χ0) is 16.0. The number of nitrogens with two attached hydrogens (primary N) is 1. The highest BCUT2D eigenvalue weighted by Crippen LogP contribution is 2.35. The second-order valence-electron chi connectivity index (χ2n) is 5.12. The van der Waals surface area contributed by atoms with Crippen LogP contribution in [0.4, 0.5) is 0 Å². The van der Waals surface area contributed by atoms with Gasteiger partial charge in [0.05, 0.1) is 6.04 Å². The van der Waals surface area contributed by atoms with Crippen molar-refractivity contribution in [3.05, 3.63) is 28.4 Å². The van der Waals surface area contributed by atoms with Crippen molar-refractivity contribution in [2.45, 2.75) is 37.4 Å². The molecule has 1 atom stereocenters. The molecule has 116 valence electrons. The number of carbonyl (C=O) groups is 1. The van der Waals surface area contributed by atoms with Crippen LogP contribution in [0.2, 0.25) is 0 Å². The van der Waals surface area contributed by atoms with Gasteiger partial charge in [-0.15, -0.1) is 12.3 Å². The maximum Gasteiger partial charge on any atom is 0.250 e. The number of nitrogens with one attached hydrogen (secondary N) is 2. The van der Waals surface area contributed by atoms with Crippen LogP contribution < -0.4 is 16.6 Å². The van der Waals surface area contributed by atoms with Crippen LogP contribution in [0.25, 0.3) is 0 Å². The average molecular weight is 302 g/mol. The molecule has 0 radical (unpaired) electrons. The van der Waals surface area contributed by atoms with Gasteiger partial charge >= 0.3 is 0 Å². The molecule has 0 bridgehead atoms. The fourth-order valence-corrected chi connectivity index (χ4v) is 2.00. The first kappa shape index (κ1) is 15.9. The van der Waals surface area contributed by atoms with Crippen LogP contribution in [0.3, 0.4) is 0 Å². The van der Waals surface area contributed by atoms with Gasteiger partial charge in [0.1, 0.15) is 5.82 Å². The number of amides is 1. The van der Waals surface area contributed by atoms with E-state index in [-0.39, 0.29) is 17.9 Å². The third-order valence-corrected chi connectivity index (χ3v) is 3.35. The molecule has 8 heteroatoms. The molecule has 1 aromatic rings. The van der Waals surface area contributed by atoms with Crippen LogP contribution in [-0.4, -0.2) is 34.1 Å². The molecule has 0 spiro atoms. The van der Waals surface area contributed by atoms with Gasteiger partial charge in [-0.25, -0.2) is 4.98 Å². The largest absolute Gasteiger partial charge is 0.355 e. The monoisotopic (exact) mass is 302 g/mol. The van der Waals surface area contributed by atoms with Gasteiger partial charge in [0.25, 0.3) is 5.56 Å². The summed E-state index contributed by atoms with van der Waals surface area (Å²) in [7, 11) is 0. The maximum atomic E-state index is 11.9. The lowest BCUT2D eigenvalue weighted by Crippen LogP contribution is -2.43. The number of rotatable bonds is 8. The van der Waals surface area contributed by atoms with Crippen molar-refractivity contribution in [1.82, 2.24) is 15.3 Å². The Morgan fingerprint density at radius 1 is 1.50 bits per heavy atom. The highest BCUT2D eigenvalue weighted by atomic mass is 16.2. The van der Waals surface area contributed by atoms with Crippen molar-refractivity contribution in [2.75, 3.05) is 6.54 Å². The molecule has 0 fully saturated rings. The number of H-pyrrole nitrogens is 1. The Balaban J connectivity index is 1.73. The molecule has 1 unspecified atom stereocenters. The molecule has 1 aliphatic rings. The Hall–Kier alpha value is -2.53. The van der Waals surface area contributed by atoms with E-state index in [1.54, 1.807) is 0 Å². The second kappa shape index (κ2) is 6.95. The van der Waals surface area contributed by atoms with Crippen LogP contribution in [0.5, 0.6) is 0 Å². The lowest BCUT2D eigenvalue weighted by Gasteiger charge is -2.13. The number of aromatic amines is 1. The van der Waals surface area contributed by atoms with Gasteiger partial charge < -0.3 is 16.0 Å². The molecule has 1 aliphatic heterocycles. The molecule has 4 N–H and O–H groups in total. The average Bonchev–Trinajstić information content (AvgIpc) is 3.25. The lowest BCUT2D eigenvalue weighted by atomic mass is 10.0. The number of hydrogen-bond donors (Lipinski definition) is 3. The number of hydrogen-bond acceptors (Lipinski definition) is 6. The minimum absolute atomic E-state index is 0.166. The predicted molar refractivity (Wildman–Crippen MR) is 79.8 cm³/mol. The van der Waals surface area contributed by atoms with Crippen molar-refractivity contribution in [1.29, 1.82) is 0 Å². The molecule has 0 saturated heterocycles. The van der Waals surface area contributed by atoms with Crippen LogP contribution >= 0.6 is 0 Å². The first-order chi connectivity index (χ1) is 10.5. The standard InChI is InChI=1S/C14H18N6O2/c1-2-3-5-14(19-20-14)6-8-17-13(22)10(15)9-11-16-7-4-12(21)18-11/h1,4,7,10H,3,5-6,8-9,15H2,(H,17,22)(H,16,18,21). The summed E-state index contributed by atoms with van der Waals surface area (Å²) in [5.41, 5.74) is 5.10. The molecule has 0 saturated carbocycles. The Bertz CT molecular complexity index is 654. The highest BCUT2D eigenvalue weighted by Gasteiger charge is 2.38. The Morgan fingerprint density at radius 2 is 2.27 bits per heavy atom. The molecule has 2 rings (SSSR count). The third kappa shape index (κ3) is 4.49. The maximum absolute atomic E-state index is 11.9. The van der Waals surface area contributed by atoms with Gasteiger partial charge in [-0.3, -0.25) is 9.59 Å². The molecule has 22 heavy (non-hydrogen) atoms. The SMILES string of the molecule is C#CCCC1(CCNC(=O)C(N)Cc2nccc(=O)[nH]2)N=N1. The Morgan fingerprint density at radius 3 is 2.91 bits per heavy atom. The number of terminal acetylenes is 1. The third-order valence-electron chi connectivity index (χ3n) is 3.35. The van der Waals surface area contributed by atoms with E-state index in [0.717, 1.165) is 0 Å². The van der Waals surface area contributed by atoms with E-state index < -0.39 is 11.7 Å². The van der Waals surface area contributed by atoms with Crippen molar-refractivity contribution in [3.63, 3.8) is 0 Å². The fourth-order valence-electron chi connectivity index (χ4n) is 2.00. The van der Waals surface area contributed by atoms with E-state index >= 15 is 0 Å². The van der Waals surface area contributed by atoms with Crippen molar-refractivity contribution in [3.8, 4) is 12.3 Å². The summed E-state index contributed by atoms with van der Waals surface area (Å²) >= 11 is 0. The van der Waals surface area contributed by atoms with Crippen molar-refractivity contribution >= 4 is 5.91 Å². The number of aromatic nitrogens is 2. The van der Waals surface area contributed by atoms with Gasteiger partial charge in [0, 0.05) is 44.5 Å². The van der Waals surface area contributed by atoms with E-state index in [2.05, 4.69) is 31.4 Å². The molecule has 1 aromatic heterocycles. The van der Waals surface area contributed by atoms with Gasteiger partial charge in [0.15, 0.2) is 5.66 Å². The second-order valence-corrected chi connectivity index (χ2v) is 5.12. The minimum atomic E-state index is -0.778. The first-order valence-electron chi connectivity index (χ1n) is 7.00. The van der Waals surface area contributed by atoms with E-state index in [1.807, 2.05) is 0 Å². The van der Waals surface area contributed by atoms with Crippen molar-refractivity contribution < 1.29 is 4.79 Å². The topological polar surface area (TPSA) is 126 Å². The fraction of sp³-hybridized carbons (Fsp3) is 0.500. The van der Waals surface area contributed by atoms with E-state index in [9.17, 15) is 9.59 Å². The van der Waals surface area contributed by atoms with Crippen LogP contribution in [0.15, 0.2) is 27.3 Å². The summed E-state index contributed by atoms with van der Waals surface area (Å²) in [4.78, 5) is 29.5. The molecular formula is C14H18N6O2. The predicted octanol–water partition coefficient (Wildman–Crippen LogP) is -0.278. The summed E-state index contributed by atoms with van der Waals surface area (Å²) in [6.45, 7) is 0.419. The zero-order valence-electron chi connectivity index (χ0n) is 12.1. The normalized spacial score (nSPS) is 15.8. The molecule has 2 heterocycles. The Labute approximate surface area is 127 Å². The van der Waals surface area contributed by atoms with E-state index in [1.165, 1.54) is 12.3 Å². The van der Waals surface area contributed by atoms with Gasteiger partial charge in [-0.1, -0.05) is 0 Å². The van der Waals surface area contributed by atoms with Gasteiger partial charge in [-0.2, -0.15) is 10.2 Å². The van der Waals surface area contributed by atoms with E-state index in [4.69, 9.17) is 12.2 Å². The summed E-state index contributed by atoms with van der Waals surface area (Å²) in [6.07, 6.45) is 8.66. The van der Waals surface area contributed by atoms with Crippen LogP contribution in [0, 0.1) is 12.3 Å². The van der Waals surface area contributed by atoms with Crippen LogP contribution in [-0.2, 0) is 11.2 Å². The van der Waals surface area contributed by atoms with Crippen LogP contribution in [0.1, 0.15) is 25.1 Å². The minimum Gasteiger partial charge on any atom is -0.355 e. The molecule has 0 aromatic carbocycles. The highest BCUT2D eigenvalue weighted by molar-refractivity contribution is 5.81. The van der Waals surface area contributed by atoms with E-state index in [0.29, 0.717) is 31.6 Å².